The van der Waals surface area contributed by atoms with Gasteiger partial charge in [-0.05, 0) is 68.6 Å². The average Bonchev–Trinajstić information content (AvgIpc) is 2.91. The lowest BCUT2D eigenvalue weighted by molar-refractivity contribution is 0.0780. The highest BCUT2D eigenvalue weighted by Crippen LogP contribution is 2.29. The minimum atomic E-state index is 0.162. The molecule has 2 atom stereocenters. The normalized spacial score (nSPS) is 26.4. The maximum atomic E-state index is 12.5. The largest absolute Gasteiger partial charge is 0.338 e. The van der Waals surface area contributed by atoms with Crippen LogP contribution in [0.3, 0.4) is 0 Å². The zero-order chi connectivity index (χ0) is 12.7. The van der Waals surface area contributed by atoms with Crippen LogP contribution in [0.15, 0.2) is 22.7 Å². The Hall–Kier alpha value is -0.140. The van der Waals surface area contributed by atoms with E-state index in [1.807, 2.05) is 23.1 Å². The van der Waals surface area contributed by atoms with Crippen molar-refractivity contribution in [1.82, 2.24) is 10.2 Å². The summed E-state index contributed by atoms with van der Waals surface area (Å²) >= 11 is 5.72. The molecule has 2 saturated heterocycles. The van der Waals surface area contributed by atoms with Gasteiger partial charge in [-0.15, -0.1) is 0 Å². The van der Waals surface area contributed by atoms with Gasteiger partial charge in [0.05, 0.1) is 5.56 Å². The number of benzene rings is 1. The Morgan fingerprint density at radius 1 is 1.33 bits per heavy atom. The molecule has 0 saturated carbocycles. The van der Waals surface area contributed by atoms with Crippen molar-refractivity contribution >= 4 is 44.4 Å². The van der Waals surface area contributed by atoms with E-state index in [0.717, 1.165) is 39.8 Å². The molecule has 3 rings (SSSR count). The molecule has 2 unspecified atom stereocenters. The van der Waals surface area contributed by atoms with Gasteiger partial charge in [0.1, 0.15) is 0 Å². The van der Waals surface area contributed by atoms with Crippen LogP contribution in [0.1, 0.15) is 10.4 Å². The van der Waals surface area contributed by atoms with E-state index in [-0.39, 0.29) is 5.91 Å². The van der Waals surface area contributed by atoms with Gasteiger partial charge < -0.3 is 10.2 Å². The summed E-state index contributed by atoms with van der Waals surface area (Å²) in [5.74, 6) is 1.46. The van der Waals surface area contributed by atoms with Crippen molar-refractivity contribution < 1.29 is 4.79 Å². The summed E-state index contributed by atoms with van der Waals surface area (Å²) in [6.07, 6.45) is 0. The molecule has 0 aliphatic carbocycles. The van der Waals surface area contributed by atoms with Crippen LogP contribution in [0.4, 0.5) is 0 Å². The molecular weight excluding hydrogens is 407 g/mol. The number of nitrogens with zero attached hydrogens (tertiary/aromatic N) is 1. The van der Waals surface area contributed by atoms with Gasteiger partial charge in [0.25, 0.3) is 5.91 Å². The second-order valence-corrected chi connectivity index (χ2v) is 7.11. The molecule has 5 heteroatoms. The fourth-order valence-electron chi connectivity index (χ4n) is 2.85. The first-order valence-electron chi connectivity index (χ1n) is 6.10. The number of carbonyl (C=O) groups is 1. The molecule has 2 aliphatic heterocycles. The standard InChI is InChI=1S/C13H14BrIN2O/c14-12-2-1-10(15)3-11(12)13(18)17-6-8-4-16-5-9(8)7-17/h1-3,8-9,16H,4-7H2. The third kappa shape index (κ3) is 2.32. The van der Waals surface area contributed by atoms with Crippen LogP contribution in [0.5, 0.6) is 0 Å². The zero-order valence-electron chi connectivity index (χ0n) is 9.83. The Bertz CT molecular complexity index is 482. The number of fused-ring (bicyclic) bond motifs is 1. The van der Waals surface area contributed by atoms with Crippen LogP contribution in [0.2, 0.25) is 0 Å². The average molecular weight is 421 g/mol. The molecule has 0 bridgehead atoms. The highest BCUT2D eigenvalue weighted by molar-refractivity contribution is 14.1. The molecule has 2 aliphatic rings. The minimum Gasteiger partial charge on any atom is -0.338 e. The first kappa shape index (κ1) is 12.9. The summed E-state index contributed by atoms with van der Waals surface area (Å²) in [5.41, 5.74) is 0.787. The minimum absolute atomic E-state index is 0.162. The lowest BCUT2D eigenvalue weighted by Gasteiger charge is -2.18. The molecule has 18 heavy (non-hydrogen) atoms. The van der Waals surface area contributed by atoms with Gasteiger partial charge in [-0.2, -0.15) is 0 Å². The monoisotopic (exact) mass is 420 g/mol. The summed E-state index contributed by atoms with van der Waals surface area (Å²) in [4.78, 5) is 14.5. The fourth-order valence-corrected chi connectivity index (χ4v) is 3.76. The molecule has 2 fully saturated rings. The molecule has 3 nitrogen and oxygen atoms in total. The lowest BCUT2D eigenvalue weighted by atomic mass is 10.0. The molecule has 2 heterocycles. The van der Waals surface area contributed by atoms with Gasteiger partial charge in [-0.3, -0.25) is 4.79 Å². The van der Waals surface area contributed by atoms with Crippen molar-refractivity contribution in [3.05, 3.63) is 31.8 Å². The van der Waals surface area contributed by atoms with Gasteiger partial charge in [0.2, 0.25) is 0 Å². The number of likely N-dealkylation sites (tertiary alicyclic amines) is 1. The second-order valence-electron chi connectivity index (χ2n) is 5.01. The summed E-state index contributed by atoms with van der Waals surface area (Å²) < 4.78 is 1.99. The van der Waals surface area contributed by atoms with Crippen LogP contribution >= 0.6 is 38.5 Å². The number of amides is 1. The number of nitrogens with one attached hydrogen (secondary N) is 1. The predicted molar refractivity (Wildman–Crippen MR) is 82.6 cm³/mol. The smallest absolute Gasteiger partial charge is 0.255 e. The zero-order valence-corrected chi connectivity index (χ0v) is 13.6. The Balaban J connectivity index is 1.81. The number of carbonyl (C=O) groups excluding carboxylic acids is 1. The van der Waals surface area contributed by atoms with Crippen LogP contribution in [0.25, 0.3) is 0 Å². The molecule has 0 spiro atoms. The van der Waals surface area contributed by atoms with E-state index in [4.69, 9.17) is 0 Å². The van der Waals surface area contributed by atoms with E-state index in [1.165, 1.54) is 0 Å². The van der Waals surface area contributed by atoms with Crippen molar-refractivity contribution in [3.8, 4) is 0 Å². The van der Waals surface area contributed by atoms with Crippen LogP contribution in [-0.4, -0.2) is 37.0 Å². The number of hydrogen-bond acceptors (Lipinski definition) is 2. The van der Waals surface area contributed by atoms with E-state index in [9.17, 15) is 4.79 Å². The number of rotatable bonds is 1. The first-order valence-corrected chi connectivity index (χ1v) is 7.97. The summed E-state index contributed by atoms with van der Waals surface area (Å²) in [7, 11) is 0. The van der Waals surface area contributed by atoms with Crippen LogP contribution in [-0.2, 0) is 0 Å². The molecular formula is C13H14BrIN2O. The second kappa shape index (κ2) is 5.09. The van der Waals surface area contributed by atoms with E-state index in [2.05, 4.69) is 43.8 Å². The molecule has 96 valence electrons. The van der Waals surface area contributed by atoms with Gasteiger partial charge in [0, 0.05) is 34.2 Å². The van der Waals surface area contributed by atoms with Crippen LogP contribution in [0, 0.1) is 15.4 Å². The fraction of sp³-hybridized carbons (Fsp3) is 0.462. The highest BCUT2D eigenvalue weighted by atomic mass is 127. The molecule has 1 amide bonds. The van der Waals surface area contributed by atoms with Gasteiger partial charge in [0.15, 0.2) is 0 Å². The van der Waals surface area contributed by atoms with Crippen molar-refractivity contribution in [3.63, 3.8) is 0 Å². The highest BCUT2D eigenvalue weighted by Gasteiger charge is 2.38. The first-order chi connectivity index (χ1) is 8.65. The van der Waals surface area contributed by atoms with Crippen molar-refractivity contribution in [1.29, 1.82) is 0 Å². The Morgan fingerprint density at radius 2 is 2.00 bits per heavy atom. The van der Waals surface area contributed by atoms with Gasteiger partial charge in [-0.1, -0.05) is 0 Å². The van der Waals surface area contributed by atoms with Crippen LogP contribution < -0.4 is 5.32 Å². The topological polar surface area (TPSA) is 32.3 Å². The van der Waals surface area contributed by atoms with E-state index >= 15 is 0 Å². The molecule has 1 aromatic rings. The molecule has 1 N–H and O–H groups in total. The Morgan fingerprint density at radius 3 is 2.67 bits per heavy atom. The molecule has 0 radical (unpaired) electrons. The number of halogens is 2. The van der Waals surface area contributed by atoms with Gasteiger partial charge >= 0.3 is 0 Å². The maximum Gasteiger partial charge on any atom is 0.255 e. The third-order valence-corrected chi connectivity index (χ3v) is 5.20. The van der Waals surface area contributed by atoms with Crippen molar-refractivity contribution in [2.75, 3.05) is 26.2 Å². The quantitative estimate of drug-likeness (QED) is 0.707. The SMILES string of the molecule is O=C(c1cc(I)ccc1Br)N1CC2CNCC2C1. The van der Waals surface area contributed by atoms with E-state index in [0.29, 0.717) is 11.8 Å². The molecule has 1 aromatic carbocycles. The van der Waals surface area contributed by atoms with Crippen molar-refractivity contribution in [2.45, 2.75) is 0 Å². The molecule has 0 aromatic heterocycles. The van der Waals surface area contributed by atoms with E-state index in [1.54, 1.807) is 0 Å². The third-order valence-electron chi connectivity index (χ3n) is 3.84. The Kier molecular flexibility index (Phi) is 3.64. The summed E-state index contributed by atoms with van der Waals surface area (Å²) in [6.45, 7) is 3.91. The summed E-state index contributed by atoms with van der Waals surface area (Å²) in [5, 5.41) is 3.40. The van der Waals surface area contributed by atoms with E-state index < -0.39 is 0 Å². The lowest BCUT2D eigenvalue weighted by Crippen LogP contribution is -2.32. The maximum absolute atomic E-state index is 12.5. The summed E-state index contributed by atoms with van der Waals surface area (Å²) in [6, 6.07) is 5.91. The Labute approximate surface area is 129 Å². The van der Waals surface area contributed by atoms with Crippen molar-refractivity contribution in [2.24, 2.45) is 11.8 Å². The van der Waals surface area contributed by atoms with Gasteiger partial charge in [-0.25, -0.2) is 0 Å². The number of hydrogen-bond donors (Lipinski definition) is 1. The predicted octanol–water partition coefficient (Wildman–Crippen LogP) is 2.35.